The third kappa shape index (κ3) is 4.28. The van der Waals surface area contributed by atoms with Gasteiger partial charge in [0.2, 0.25) is 0 Å². The highest BCUT2D eigenvalue weighted by atomic mass is 19.1. The number of likely N-dealkylation sites (tertiary alicyclic amines) is 1. The second kappa shape index (κ2) is 6.73. The van der Waals surface area contributed by atoms with Gasteiger partial charge in [-0.2, -0.15) is 0 Å². The summed E-state index contributed by atoms with van der Waals surface area (Å²) in [4.78, 5) is 12.9. The largest absolute Gasteiger partial charge is 0.321 e. The summed E-state index contributed by atoms with van der Waals surface area (Å²) in [6.07, 6.45) is 3.64. The minimum absolute atomic E-state index is 0.00824. The van der Waals surface area contributed by atoms with Crippen LogP contribution in [0.1, 0.15) is 11.1 Å². The van der Waals surface area contributed by atoms with Crippen LogP contribution in [0, 0.1) is 11.6 Å². The highest BCUT2D eigenvalue weighted by Crippen LogP contribution is 2.24. The molecule has 2 aromatic carbocycles. The van der Waals surface area contributed by atoms with Crippen molar-refractivity contribution in [3.63, 3.8) is 0 Å². The van der Waals surface area contributed by atoms with E-state index in [-0.39, 0.29) is 17.4 Å². The SMILES string of the molecule is C[N+]1(C)CC(=Cc2ccc(F)cc2)C(=O)C(=Cc2ccc(F)cc2)C1. The van der Waals surface area contributed by atoms with E-state index in [1.165, 1.54) is 24.3 Å². The van der Waals surface area contributed by atoms with E-state index in [4.69, 9.17) is 0 Å². The summed E-state index contributed by atoms with van der Waals surface area (Å²) >= 11 is 0. The molecule has 4 heteroatoms. The number of halogens is 2. The first-order chi connectivity index (χ1) is 11.8. The zero-order valence-electron chi connectivity index (χ0n) is 14.3. The molecule has 1 saturated heterocycles. The molecule has 0 bridgehead atoms. The summed E-state index contributed by atoms with van der Waals surface area (Å²) in [6, 6.07) is 12.2. The number of nitrogens with zero attached hydrogens (tertiary/aromatic N) is 1. The highest BCUT2D eigenvalue weighted by molar-refractivity contribution is 6.14. The molecule has 0 atom stereocenters. The fraction of sp³-hybridized carbons (Fsp3) is 0.190. The van der Waals surface area contributed by atoms with Gasteiger partial charge in [0, 0.05) is 0 Å². The van der Waals surface area contributed by atoms with Crippen LogP contribution >= 0.6 is 0 Å². The molecule has 25 heavy (non-hydrogen) atoms. The summed E-state index contributed by atoms with van der Waals surface area (Å²) in [5.41, 5.74) is 2.98. The normalized spacial score (nSPS) is 20.2. The van der Waals surface area contributed by atoms with E-state index < -0.39 is 0 Å². The van der Waals surface area contributed by atoms with Crippen molar-refractivity contribution < 1.29 is 18.1 Å². The van der Waals surface area contributed by atoms with Crippen LogP contribution in [0.2, 0.25) is 0 Å². The molecule has 2 aromatic rings. The van der Waals surface area contributed by atoms with Crippen molar-refractivity contribution in [1.82, 2.24) is 0 Å². The molecule has 128 valence electrons. The summed E-state index contributed by atoms with van der Waals surface area (Å²) in [7, 11) is 4.12. The first-order valence-electron chi connectivity index (χ1n) is 8.11. The van der Waals surface area contributed by atoms with E-state index in [1.54, 1.807) is 24.3 Å². The van der Waals surface area contributed by atoms with Crippen LogP contribution in [0.15, 0.2) is 59.7 Å². The number of carbonyl (C=O) groups excluding carboxylic acids is 1. The lowest BCUT2D eigenvalue weighted by Gasteiger charge is -2.35. The Morgan fingerprint density at radius 2 is 1.12 bits per heavy atom. The van der Waals surface area contributed by atoms with E-state index in [0.29, 0.717) is 28.7 Å². The van der Waals surface area contributed by atoms with Gasteiger partial charge in [-0.3, -0.25) is 4.79 Å². The zero-order valence-corrected chi connectivity index (χ0v) is 14.3. The number of likely N-dealkylation sites (N-methyl/N-ethyl adjacent to an activating group) is 1. The molecule has 0 aromatic heterocycles. The summed E-state index contributed by atoms with van der Waals surface area (Å²) < 4.78 is 26.8. The van der Waals surface area contributed by atoms with Gasteiger partial charge in [0.05, 0.1) is 25.2 Å². The predicted molar refractivity (Wildman–Crippen MR) is 95.6 cm³/mol. The van der Waals surface area contributed by atoms with Crippen molar-refractivity contribution in [3.8, 4) is 0 Å². The fourth-order valence-electron chi connectivity index (χ4n) is 3.07. The number of hydrogen-bond acceptors (Lipinski definition) is 1. The predicted octanol–water partition coefficient (Wildman–Crippen LogP) is 4.09. The number of benzene rings is 2. The van der Waals surface area contributed by atoms with Crippen molar-refractivity contribution >= 4 is 17.9 Å². The standard InChI is InChI=1S/C21H20F2NO/c1-24(2)13-17(11-15-3-7-19(22)8-4-15)21(25)18(14-24)12-16-5-9-20(23)10-6-16/h3-12H,13-14H2,1-2H3/q+1. The van der Waals surface area contributed by atoms with Crippen LogP contribution in [-0.4, -0.2) is 37.5 Å². The zero-order chi connectivity index (χ0) is 18.0. The van der Waals surface area contributed by atoms with Crippen LogP contribution in [0.5, 0.6) is 0 Å². The van der Waals surface area contributed by atoms with Gasteiger partial charge in [-0.1, -0.05) is 24.3 Å². The van der Waals surface area contributed by atoms with Gasteiger partial charge in [0.25, 0.3) is 0 Å². The van der Waals surface area contributed by atoms with E-state index >= 15 is 0 Å². The molecule has 0 amide bonds. The lowest BCUT2D eigenvalue weighted by atomic mass is 9.93. The van der Waals surface area contributed by atoms with Gasteiger partial charge in [0.1, 0.15) is 24.7 Å². The molecule has 1 aliphatic heterocycles. The topological polar surface area (TPSA) is 17.1 Å². The van der Waals surface area contributed by atoms with Crippen molar-refractivity contribution in [2.45, 2.75) is 0 Å². The van der Waals surface area contributed by atoms with Crippen molar-refractivity contribution in [1.29, 1.82) is 0 Å². The maximum absolute atomic E-state index is 13.1. The Balaban J connectivity index is 1.96. The van der Waals surface area contributed by atoms with Crippen LogP contribution in [-0.2, 0) is 4.79 Å². The lowest BCUT2D eigenvalue weighted by Crippen LogP contribution is -2.48. The monoisotopic (exact) mass is 340 g/mol. The van der Waals surface area contributed by atoms with Crippen LogP contribution in [0.3, 0.4) is 0 Å². The second-order valence-corrected chi connectivity index (χ2v) is 7.02. The van der Waals surface area contributed by atoms with Crippen molar-refractivity contribution in [2.24, 2.45) is 0 Å². The molecular formula is C21H20F2NO+. The van der Waals surface area contributed by atoms with Crippen molar-refractivity contribution in [3.05, 3.63) is 82.4 Å². The maximum Gasteiger partial charge on any atom is 0.196 e. The molecule has 0 unspecified atom stereocenters. The Kier molecular flexibility index (Phi) is 4.64. The maximum atomic E-state index is 13.1. The third-order valence-corrected chi connectivity index (χ3v) is 4.20. The number of rotatable bonds is 2. The number of Topliss-reactive ketones (excluding diaryl/α,β-unsaturated/α-hetero) is 1. The average molecular weight is 340 g/mol. The Hall–Kier alpha value is -2.59. The average Bonchev–Trinajstić information content (AvgIpc) is 2.55. The second-order valence-electron chi connectivity index (χ2n) is 7.02. The van der Waals surface area contributed by atoms with Gasteiger partial charge >= 0.3 is 0 Å². The first-order valence-corrected chi connectivity index (χ1v) is 8.11. The van der Waals surface area contributed by atoms with Gasteiger partial charge < -0.3 is 4.48 Å². The van der Waals surface area contributed by atoms with E-state index in [0.717, 1.165) is 11.1 Å². The third-order valence-electron chi connectivity index (χ3n) is 4.20. The molecule has 0 saturated carbocycles. The molecule has 2 nitrogen and oxygen atoms in total. The Bertz CT molecular complexity index is 777. The first kappa shape index (κ1) is 17.2. The molecule has 0 radical (unpaired) electrons. The van der Waals surface area contributed by atoms with E-state index in [1.807, 2.05) is 12.2 Å². The number of quaternary nitrogens is 1. The number of ketones is 1. The Labute approximate surface area is 146 Å². The molecule has 3 rings (SSSR count). The van der Waals surface area contributed by atoms with Gasteiger partial charge in [-0.15, -0.1) is 0 Å². The fourth-order valence-corrected chi connectivity index (χ4v) is 3.07. The summed E-state index contributed by atoms with van der Waals surface area (Å²) in [5.74, 6) is -0.610. The number of piperidine rings is 1. The molecule has 0 spiro atoms. The van der Waals surface area contributed by atoms with Gasteiger partial charge in [0.15, 0.2) is 5.78 Å². The Morgan fingerprint density at radius 1 is 0.760 bits per heavy atom. The molecule has 1 fully saturated rings. The molecular weight excluding hydrogens is 320 g/mol. The van der Waals surface area contributed by atoms with E-state index in [9.17, 15) is 13.6 Å². The minimum Gasteiger partial charge on any atom is -0.321 e. The van der Waals surface area contributed by atoms with Crippen LogP contribution in [0.25, 0.3) is 12.2 Å². The minimum atomic E-state index is -0.301. The van der Waals surface area contributed by atoms with Crippen LogP contribution in [0.4, 0.5) is 8.78 Å². The van der Waals surface area contributed by atoms with Crippen molar-refractivity contribution in [2.75, 3.05) is 27.2 Å². The molecule has 0 N–H and O–H groups in total. The van der Waals surface area contributed by atoms with Gasteiger partial charge in [-0.25, -0.2) is 8.78 Å². The quantitative estimate of drug-likeness (QED) is 0.594. The lowest BCUT2D eigenvalue weighted by molar-refractivity contribution is -0.881. The summed E-state index contributed by atoms with van der Waals surface area (Å²) in [5, 5.41) is 0. The summed E-state index contributed by atoms with van der Waals surface area (Å²) in [6.45, 7) is 1.22. The molecule has 0 aliphatic carbocycles. The number of carbonyl (C=O) groups is 1. The molecule has 1 heterocycles. The number of hydrogen-bond donors (Lipinski definition) is 0. The Morgan fingerprint density at radius 3 is 1.48 bits per heavy atom. The molecule has 1 aliphatic rings. The van der Waals surface area contributed by atoms with Gasteiger partial charge in [-0.05, 0) is 47.5 Å². The van der Waals surface area contributed by atoms with E-state index in [2.05, 4.69) is 14.1 Å². The van der Waals surface area contributed by atoms with Crippen LogP contribution < -0.4 is 0 Å². The highest BCUT2D eigenvalue weighted by Gasteiger charge is 2.33. The smallest absolute Gasteiger partial charge is 0.196 e.